The molecule has 102 valence electrons. The molecule has 20 heavy (non-hydrogen) atoms. The lowest BCUT2D eigenvalue weighted by Gasteiger charge is -2.02. The van der Waals surface area contributed by atoms with Gasteiger partial charge in [0.1, 0.15) is 5.58 Å². The van der Waals surface area contributed by atoms with Crippen LogP contribution in [-0.4, -0.2) is 26.1 Å². The Morgan fingerprint density at radius 3 is 3.05 bits per heavy atom. The zero-order chi connectivity index (χ0) is 13.9. The van der Waals surface area contributed by atoms with Crippen molar-refractivity contribution in [2.75, 3.05) is 5.32 Å². The summed E-state index contributed by atoms with van der Waals surface area (Å²) in [5, 5.41) is 14.7. The lowest BCUT2D eigenvalue weighted by molar-refractivity contribution is 0.0997. The molecule has 3 aromatic rings. The number of rotatable bonds is 4. The van der Waals surface area contributed by atoms with Crippen molar-refractivity contribution in [1.82, 2.24) is 20.2 Å². The molecular weight excluding hydrogens is 258 g/mol. The molecule has 7 heteroatoms. The summed E-state index contributed by atoms with van der Waals surface area (Å²) in [6, 6.07) is 9.14. The minimum atomic E-state index is -0.367. The number of benzene rings is 1. The van der Waals surface area contributed by atoms with E-state index in [2.05, 4.69) is 20.8 Å². The van der Waals surface area contributed by atoms with Gasteiger partial charge in [0.05, 0.1) is 0 Å². The lowest BCUT2D eigenvalue weighted by atomic mass is 10.2. The second kappa shape index (κ2) is 5.12. The molecule has 0 atom stereocenters. The van der Waals surface area contributed by atoms with E-state index in [1.807, 2.05) is 31.2 Å². The molecule has 0 unspecified atom stereocenters. The van der Waals surface area contributed by atoms with Gasteiger partial charge in [0.2, 0.25) is 5.95 Å². The van der Waals surface area contributed by atoms with Crippen LogP contribution < -0.4 is 5.32 Å². The number of para-hydroxylation sites is 1. The fourth-order valence-corrected chi connectivity index (χ4v) is 1.91. The third-order valence-electron chi connectivity index (χ3n) is 2.84. The average molecular weight is 271 g/mol. The predicted octanol–water partition coefficient (Wildman–Crippen LogP) is 2.08. The van der Waals surface area contributed by atoms with E-state index in [0.29, 0.717) is 18.1 Å². The van der Waals surface area contributed by atoms with Crippen LogP contribution in [0.5, 0.6) is 0 Å². The largest absolute Gasteiger partial charge is 0.451 e. The normalized spacial score (nSPS) is 10.8. The van der Waals surface area contributed by atoms with Crippen LogP contribution in [0.25, 0.3) is 11.0 Å². The van der Waals surface area contributed by atoms with Crippen molar-refractivity contribution in [3.63, 3.8) is 0 Å². The van der Waals surface area contributed by atoms with Gasteiger partial charge >= 0.3 is 0 Å². The first kappa shape index (κ1) is 12.3. The van der Waals surface area contributed by atoms with Crippen molar-refractivity contribution >= 4 is 22.8 Å². The highest BCUT2D eigenvalue weighted by atomic mass is 16.3. The average Bonchev–Trinajstić information content (AvgIpc) is 3.06. The van der Waals surface area contributed by atoms with Crippen LogP contribution in [0.2, 0.25) is 0 Å². The Bertz CT molecular complexity index is 713. The third kappa shape index (κ3) is 2.25. The summed E-state index contributed by atoms with van der Waals surface area (Å²) >= 11 is 0. The maximum Gasteiger partial charge on any atom is 0.293 e. The van der Waals surface area contributed by atoms with Crippen LogP contribution in [-0.2, 0) is 6.54 Å². The van der Waals surface area contributed by atoms with Crippen molar-refractivity contribution in [3.8, 4) is 0 Å². The van der Waals surface area contributed by atoms with Gasteiger partial charge in [-0.2, -0.15) is 0 Å². The van der Waals surface area contributed by atoms with Crippen LogP contribution in [0.4, 0.5) is 5.95 Å². The van der Waals surface area contributed by atoms with Crippen molar-refractivity contribution in [3.05, 3.63) is 36.1 Å². The summed E-state index contributed by atoms with van der Waals surface area (Å²) in [5.74, 6) is 0.183. The molecule has 1 amide bonds. The van der Waals surface area contributed by atoms with Gasteiger partial charge in [-0.3, -0.25) is 10.1 Å². The first-order valence-corrected chi connectivity index (χ1v) is 6.34. The Balaban J connectivity index is 1.83. The molecule has 0 saturated heterocycles. The number of tetrazole rings is 1. The highest BCUT2D eigenvalue weighted by Crippen LogP contribution is 2.19. The Hall–Kier alpha value is -2.70. The molecule has 0 aliphatic rings. The molecule has 2 heterocycles. The van der Waals surface area contributed by atoms with E-state index >= 15 is 0 Å². The molecule has 7 nitrogen and oxygen atoms in total. The molecule has 1 aromatic carbocycles. The Morgan fingerprint density at radius 2 is 2.25 bits per heavy atom. The highest BCUT2D eigenvalue weighted by molar-refractivity contribution is 6.03. The van der Waals surface area contributed by atoms with Crippen molar-refractivity contribution in [1.29, 1.82) is 0 Å². The van der Waals surface area contributed by atoms with E-state index < -0.39 is 0 Å². The Kier molecular flexibility index (Phi) is 3.16. The standard InChI is InChI=1S/C13H13N5O2/c1-2-7-18-13(15-16-17-18)14-12(19)11-8-9-5-3-4-6-10(9)20-11/h3-6,8H,2,7H2,1H3,(H,14,15,17,19). The number of aryl methyl sites for hydroxylation is 1. The van der Waals surface area contributed by atoms with Crippen LogP contribution in [0, 0.1) is 0 Å². The number of nitrogens with zero attached hydrogens (tertiary/aromatic N) is 4. The SMILES string of the molecule is CCCn1nnnc1NC(=O)c1cc2ccccc2o1. The second-order valence-electron chi connectivity index (χ2n) is 4.33. The molecular formula is C13H13N5O2. The Labute approximate surface area is 114 Å². The fraction of sp³-hybridized carbons (Fsp3) is 0.231. The van der Waals surface area contributed by atoms with Gasteiger partial charge in [0.15, 0.2) is 5.76 Å². The van der Waals surface area contributed by atoms with Gasteiger partial charge in [-0.05, 0) is 29.0 Å². The summed E-state index contributed by atoms with van der Waals surface area (Å²) < 4.78 is 7.03. The first-order valence-electron chi connectivity index (χ1n) is 6.34. The number of nitrogens with one attached hydrogen (secondary N) is 1. The van der Waals surface area contributed by atoms with E-state index in [9.17, 15) is 4.79 Å². The fourth-order valence-electron chi connectivity index (χ4n) is 1.91. The van der Waals surface area contributed by atoms with Gasteiger partial charge in [0.25, 0.3) is 5.91 Å². The first-order chi connectivity index (χ1) is 9.78. The van der Waals surface area contributed by atoms with Gasteiger partial charge in [-0.25, -0.2) is 4.68 Å². The lowest BCUT2D eigenvalue weighted by Crippen LogP contribution is -2.16. The molecule has 3 rings (SSSR count). The summed E-state index contributed by atoms with van der Waals surface area (Å²) in [7, 11) is 0. The van der Waals surface area contributed by atoms with E-state index in [1.165, 1.54) is 0 Å². The number of fused-ring (bicyclic) bond motifs is 1. The van der Waals surface area contributed by atoms with Crippen molar-refractivity contribution in [2.45, 2.75) is 19.9 Å². The molecule has 2 aromatic heterocycles. The quantitative estimate of drug-likeness (QED) is 0.785. The van der Waals surface area contributed by atoms with E-state index in [1.54, 1.807) is 10.7 Å². The van der Waals surface area contributed by atoms with E-state index in [0.717, 1.165) is 11.8 Å². The maximum atomic E-state index is 12.1. The zero-order valence-corrected chi connectivity index (χ0v) is 10.9. The molecule has 0 aliphatic carbocycles. The van der Waals surface area contributed by atoms with Gasteiger partial charge in [-0.15, -0.1) is 0 Å². The van der Waals surface area contributed by atoms with Gasteiger partial charge < -0.3 is 4.42 Å². The third-order valence-corrected chi connectivity index (χ3v) is 2.84. The topological polar surface area (TPSA) is 85.8 Å². The molecule has 0 aliphatic heterocycles. The number of anilines is 1. The van der Waals surface area contributed by atoms with E-state index in [-0.39, 0.29) is 11.7 Å². The van der Waals surface area contributed by atoms with Crippen LogP contribution in [0.15, 0.2) is 34.7 Å². The van der Waals surface area contributed by atoms with Crippen LogP contribution in [0.1, 0.15) is 23.9 Å². The van der Waals surface area contributed by atoms with Crippen molar-refractivity contribution < 1.29 is 9.21 Å². The molecule has 0 spiro atoms. The minimum Gasteiger partial charge on any atom is -0.451 e. The van der Waals surface area contributed by atoms with Crippen LogP contribution in [0.3, 0.4) is 0 Å². The predicted molar refractivity (Wildman–Crippen MR) is 72.3 cm³/mol. The monoisotopic (exact) mass is 271 g/mol. The minimum absolute atomic E-state index is 0.234. The highest BCUT2D eigenvalue weighted by Gasteiger charge is 2.15. The zero-order valence-electron chi connectivity index (χ0n) is 10.9. The molecule has 0 bridgehead atoms. The molecule has 1 N–H and O–H groups in total. The molecule has 0 fully saturated rings. The van der Waals surface area contributed by atoms with E-state index in [4.69, 9.17) is 4.42 Å². The van der Waals surface area contributed by atoms with Crippen LogP contribution >= 0.6 is 0 Å². The summed E-state index contributed by atoms with van der Waals surface area (Å²) in [6.45, 7) is 2.65. The maximum absolute atomic E-state index is 12.1. The number of hydrogen-bond donors (Lipinski definition) is 1. The number of carbonyl (C=O) groups excluding carboxylic acids is 1. The van der Waals surface area contributed by atoms with Crippen molar-refractivity contribution in [2.24, 2.45) is 0 Å². The van der Waals surface area contributed by atoms with Gasteiger partial charge in [-0.1, -0.05) is 30.2 Å². The molecule has 0 radical (unpaired) electrons. The summed E-state index contributed by atoms with van der Waals surface area (Å²) in [4.78, 5) is 12.1. The number of aromatic nitrogens is 4. The number of furan rings is 1. The Morgan fingerprint density at radius 1 is 1.40 bits per heavy atom. The summed E-state index contributed by atoms with van der Waals surface area (Å²) in [5.41, 5.74) is 0.672. The number of hydrogen-bond acceptors (Lipinski definition) is 5. The van der Waals surface area contributed by atoms with Gasteiger partial charge in [0, 0.05) is 11.9 Å². The number of amides is 1. The second-order valence-corrected chi connectivity index (χ2v) is 4.33. The smallest absolute Gasteiger partial charge is 0.293 e. The molecule has 0 saturated carbocycles. The number of carbonyl (C=O) groups is 1. The summed E-state index contributed by atoms with van der Waals surface area (Å²) in [6.07, 6.45) is 0.874.